The molecule has 10 nitrogen and oxygen atoms in total. The van der Waals surface area contributed by atoms with Gasteiger partial charge in [0.1, 0.15) is 17.0 Å². The summed E-state index contributed by atoms with van der Waals surface area (Å²) >= 11 is 5.79. The van der Waals surface area contributed by atoms with Crippen molar-refractivity contribution in [2.75, 3.05) is 40.1 Å². The number of nitrogens with zero attached hydrogens (tertiary/aromatic N) is 5. The van der Waals surface area contributed by atoms with E-state index >= 15 is 0 Å². The van der Waals surface area contributed by atoms with Gasteiger partial charge in [-0.05, 0) is 18.6 Å². The highest BCUT2D eigenvalue weighted by Gasteiger charge is 2.30. The van der Waals surface area contributed by atoms with Crippen molar-refractivity contribution in [3.05, 3.63) is 39.2 Å². The Labute approximate surface area is 156 Å². The lowest BCUT2D eigenvalue weighted by Gasteiger charge is -2.23. The first kappa shape index (κ1) is 20.3. The second kappa shape index (κ2) is 10.2. The van der Waals surface area contributed by atoms with Crippen molar-refractivity contribution in [2.45, 2.75) is 19.8 Å². The van der Waals surface area contributed by atoms with Crippen LogP contribution in [0.4, 0.5) is 0 Å². The van der Waals surface area contributed by atoms with Crippen LogP contribution in [0.25, 0.3) is 0 Å². The predicted molar refractivity (Wildman–Crippen MR) is 94.0 cm³/mol. The smallest absolute Gasteiger partial charge is 0.276 e. The highest BCUT2D eigenvalue weighted by atomic mass is 35.5. The van der Waals surface area contributed by atoms with E-state index in [1.807, 2.05) is 13.0 Å². The lowest BCUT2D eigenvalue weighted by atomic mass is 10.3. The number of ether oxygens (including phenoxy) is 3. The summed E-state index contributed by atoms with van der Waals surface area (Å²) in [6.45, 7) is 4.24. The number of hydrazone groups is 1. The number of rotatable bonds is 10. The Morgan fingerprint density at radius 2 is 2.15 bits per heavy atom. The first-order valence-corrected chi connectivity index (χ1v) is 8.46. The number of guanidine groups is 1. The number of methoxy groups -OCH3 is 1. The fourth-order valence-corrected chi connectivity index (χ4v) is 2.58. The lowest BCUT2D eigenvalue weighted by molar-refractivity contribution is -0.486. The molecule has 0 bridgehead atoms. The quantitative estimate of drug-likeness (QED) is 0.257. The topological polar surface area (TPSA) is 103 Å². The third kappa shape index (κ3) is 6.06. The van der Waals surface area contributed by atoms with Crippen LogP contribution in [-0.4, -0.2) is 72.2 Å². The van der Waals surface area contributed by atoms with Gasteiger partial charge in [0.2, 0.25) is 0 Å². The summed E-state index contributed by atoms with van der Waals surface area (Å²) in [5, 5.41) is 14.1. The average molecular weight is 388 g/mol. The summed E-state index contributed by atoms with van der Waals surface area (Å²) in [5.41, 5.74) is 0.875. The van der Waals surface area contributed by atoms with Crippen molar-refractivity contribution in [3.63, 3.8) is 0 Å². The fraction of sp³-hybridized carbons (Fsp3) is 0.600. The Bertz CT molecular complexity index is 609. The number of nitro groups is 1. The van der Waals surface area contributed by atoms with E-state index in [4.69, 9.17) is 25.8 Å². The maximum absolute atomic E-state index is 10.9. The van der Waals surface area contributed by atoms with E-state index in [1.54, 1.807) is 29.2 Å². The van der Waals surface area contributed by atoms with E-state index in [9.17, 15) is 10.1 Å². The Morgan fingerprint density at radius 3 is 2.77 bits per heavy atom. The van der Waals surface area contributed by atoms with E-state index in [1.165, 1.54) is 0 Å². The maximum atomic E-state index is 10.9. The molecule has 2 heterocycles. The molecule has 26 heavy (non-hydrogen) atoms. The molecule has 0 amide bonds. The molecule has 2 rings (SSSR count). The Kier molecular flexibility index (Phi) is 7.98. The number of hydrogen-bond acceptors (Lipinski definition) is 6. The number of hydrogen-bond donors (Lipinski definition) is 0. The standard InChI is InChI=1S/C15H22ClN5O5/c1-3-25-14(10-24-2)26-11-20-7-6-19(15(20)18-21(22)23)9-12-4-5-13(16)17-8-12/h4-5,8,14H,3,6-7,9-11H2,1-2H3/b18-15-. The summed E-state index contributed by atoms with van der Waals surface area (Å²) in [7, 11) is 1.55. The van der Waals surface area contributed by atoms with E-state index in [2.05, 4.69) is 10.1 Å². The molecule has 1 aromatic rings. The highest BCUT2D eigenvalue weighted by molar-refractivity contribution is 6.29. The molecule has 0 N–H and O–H groups in total. The summed E-state index contributed by atoms with van der Waals surface area (Å²) in [4.78, 5) is 18.4. The van der Waals surface area contributed by atoms with Crippen molar-refractivity contribution < 1.29 is 19.2 Å². The Balaban J connectivity index is 2.03. The van der Waals surface area contributed by atoms with Gasteiger partial charge in [0, 0.05) is 39.5 Å². The van der Waals surface area contributed by atoms with Crippen LogP contribution in [0, 0.1) is 10.1 Å². The molecule has 144 valence electrons. The average Bonchev–Trinajstić information content (AvgIpc) is 2.96. The molecule has 1 saturated heterocycles. The SMILES string of the molecule is CCOC(COC)OCN1CCN(Cc2ccc(Cl)nc2)/C1=N/[N+](=O)[O-]. The van der Waals surface area contributed by atoms with Crippen LogP contribution in [0.15, 0.2) is 23.4 Å². The Hall–Kier alpha value is -2.01. The zero-order valence-electron chi connectivity index (χ0n) is 14.7. The largest absolute Gasteiger partial charge is 0.379 e. The molecular formula is C15H22ClN5O5. The van der Waals surface area contributed by atoms with Crippen molar-refractivity contribution >= 4 is 17.6 Å². The zero-order valence-corrected chi connectivity index (χ0v) is 15.5. The van der Waals surface area contributed by atoms with Gasteiger partial charge in [-0.2, -0.15) is 0 Å². The fourth-order valence-electron chi connectivity index (χ4n) is 2.47. The highest BCUT2D eigenvalue weighted by Crippen LogP contribution is 2.15. The van der Waals surface area contributed by atoms with Crippen LogP contribution in [0.1, 0.15) is 12.5 Å². The molecule has 0 aliphatic carbocycles. The summed E-state index contributed by atoms with van der Waals surface area (Å²) in [5.74, 6) is 0.234. The molecule has 11 heteroatoms. The Morgan fingerprint density at radius 1 is 1.38 bits per heavy atom. The molecular weight excluding hydrogens is 366 g/mol. The minimum atomic E-state index is -0.712. The van der Waals surface area contributed by atoms with Gasteiger partial charge in [0.15, 0.2) is 11.3 Å². The summed E-state index contributed by atoms with van der Waals surface area (Å²) < 4.78 is 16.1. The van der Waals surface area contributed by atoms with Crippen LogP contribution in [0.5, 0.6) is 0 Å². The van der Waals surface area contributed by atoms with Crippen molar-refractivity contribution in [2.24, 2.45) is 5.10 Å². The van der Waals surface area contributed by atoms with E-state index in [0.717, 1.165) is 5.56 Å². The summed E-state index contributed by atoms with van der Waals surface area (Å²) in [6.07, 6.45) is 1.09. The molecule has 1 aliphatic heterocycles. The molecule has 1 atom stereocenters. The van der Waals surface area contributed by atoms with Crippen LogP contribution in [0.3, 0.4) is 0 Å². The predicted octanol–water partition coefficient (Wildman–Crippen LogP) is 1.38. The molecule has 1 unspecified atom stereocenters. The molecule has 0 radical (unpaired) electrons. The van der Waals surface area contributed by atoms with Crippen LogP contribution in [0.2, 0.25) is 5.15 Å². The second-order valence-electron chi connectivity index (χ2n) is 5.45. The zero-order chi connectivity index (χ0) is 18.9. The molecule has 0 aromatic carbocycles. The second-order valence-corrected chi connectivity index (χ2v) is 5.84. The first-order chi connectivity index (χ1) is 12.5. The van der Waals surface area contributed by atoms with E-state index in [0.29, 0.717) is 31.4 Å². The third-order valence-corrected chi connectivity index (χ3v) is 3.83. The lowest BCUT2D eigenvalue weighted by Crippen LogP contribution is -2.37. The molecule has 1 fully saturated rings. The third-order valence-electron chi connectivity index (χ3n) is 3.61. The van der Waals surface area contributed by atoms with Gasteiger partial charge < -0.3 is 24.0 Å². The van der Waals surface area contributed by atoms with Crippen LogP contribution < -0.4 is 0 Å². The van der Waals surface area contributed by atoms with Gasteiger partial charge in [-0.1, -0.05) is 17.7 Å². The molecule has 0 saturated carbocycles. The van der Waals surface area contributed by atoms with Crippen molar-refractivity contribution in [1.82, 2.24) is 14.8 Å². The van der Waals surface area contributed by atoms with Gasteiger partial charge in [-0.15, -0.1) is 0 Å². The summed E-state index contributed by atoms with van der Waals surface area (Å²) in [6, 6.07) is 3.50. The van der Waals surface area contributed by atoms with Crippen LogP contribution in [-0.2, 0) is 20.8 Å². The molecule has 0 spiro atoms. The van der Waals surface area contributed by atoms with Gasteiger partial charge in [0.25, 0.3) is 5.96 Å². The monoisotopic (exact) mass is 387 g/mol. The molecule has 1 aliphatic rings. The van der Waals surface area contributed by atoms with Crippen molar-refractivity contribution in [1.29, 1.82) is 0 Å². The minimum absolute atomic E-state index is 0.107. The van der Waals surface area contributed by atoms with Crippen molar-refractivity contribution in [3.8, 4) is 0 Å². The van der Waals surface area contributed by atoms with Gasteiger partial charge >= 0.3 is 0 Å². The molecule has 1 aromatic heterocycles. The number of pyridine rings is 1. The van der Waals surface area contributed by atoms with Gasteiger partial charge in [-0.25, -0.2) is 15.1 Å². The maximum Gasteiger partial charge on any atom is 0.276 e. The van der Waals surface area contributed by atoms with Crippen LogP contribution >= 0.6 is 11.6 Å². The van der Waals surface area contributed by atoms with E-state index < -0.39 is 11.3 Å². The first-order valence-electron chi connectivity index (χ1n) is 8.09. The van der Waals surface area contributed by atoms with E-state index in [-0.39, 0.29) is 19.3 Å². The van der Waals surface area contributed by atoms with Gasteiger partial charge in [-0.3, -0.25) is 0 Å². The number of halogens is 1. The number of aromatic nitrogens is 1. The van der Waals surface area contributed by atoms with Gasteiger partial charge in [0.05, 0.1) is 6.61 Å². The minimum Gasteiger partial charge on any atom is -0.379 e. The normalized spacial score (nSPS) is 17.1.